The van der Waals surface area contributed by atoms with Crippen LogP contribution >= 0.6 is 0 Å². The summed E-state index contributed by atoms with van der Waals surface area (Å²) in [6.45, 7) is 4.19. The van der Waals surface area contributed by atoms with Crippen molar-refractivity contribution in [2.75, 3.05) is 0 Å². The molecule has 1 fully saturated rings. The summed E-state index contributed by atoms with van der Waals surface area (Å²) >= 11 is 0. The van der Waals surface area contributed by atoms with Gasteiger partial charge in [0.25, 0.3) is 0 Å². The number of aldehydes is 1. The first-order valence-corrected chi connectivity index (χ1v) is 16.8. The Hall–Kier alpha value is -3.68. The van der Waals surface area contributed by atoms with E-state index in [0.29, 0.717) is 61.2 Å². The zero-order valence-electron chi connectivity index (χ0n) is 27.0. The van der Waals surface area contributed by atoms with Crippen LogP contribution in [0.25, 0.3) is 0 Å². The molecule has 0 heterocycles. The lowest BCUT2D eigenvalue weighted by Gasteiger charge is -2.28. The third kappa shape index (κ3) is 13.9. The fourth-order valence-corrected chi connectivity index (χ4v) is 5.40. The summed E-state index contributed by atoms with van der Waals surface area (Å²) in [4.78, 5) is 47.8. The number of unbranched alkanes of at least 4 members (excludes halogenated alkanes) is 8. The number of carbonyl (C=O) groups is 4. The fraction of sp³-hybridized carbons (Fsp3) is 0.568. The van der Waals surface area contributed by atoms with Crippen LogP contribution in [0.2, 0.25) is 0 Å². The lowest BCUT2D eigenvalue weighted by atomic mass is 9.95. The second-order valence-electron chi connectivity index (χ2n) is 12.0. The summed E-state index contributed by atoms with van der Waals surface area (Å²) in [6.07, 6.45) is 14.4. The maximum absolute atomic E-state index is 12.7. The molecule has 3 rings (SSSR count). The highest BCUT2D eigenvalue weighted by Crippen LogP contribution is 2.26. The lowest BCUT2D eigenvalue weighted by Crippen LogP contribution is -2.29. The zero-order valence-corrected chi connectivity index (χ0v) is 27.0. The van der Waals surface area contributed by atoms with Crippen LogP contribution < -0.4 is 9.47 Å². The van der Waals surface area contributed by atoms with Crippen LogP contribution in [0.4, 0.5) is 0 Å². The molecule has 1 atom stereocenters. The van der Waals surface area contributed by atoms with Crippen LogP contribution in [-0.2, 0) is 19.1 Å². The first kappa shape index (κ1) is 35.8. The summed E-state index contributed by atoms with van der Waals surface area (Å²) in [5.41, 5.74) is 0.871. The van der Waals surface area contributed by atoms with Crippen LogP contribution in [-0.4, -0.2) is 42.5 Å². The van der Waals surface area contributed by atoms with E-state index in [9.17, 15) is 19.2 Å². The number of hydrogen-bond acceptors (Lipinski definition) is 8. The molecule has 246 valence electrons. The van der Waals surface area contributed by atoms with E-state index in [4.69, 9.17) is 18.9 Å². The molecule has 0 bridgehead atoms. The molecule has 0 spiro atoms. The van der Waals surface area contributed by atoms with Crippen molar-refractivity contribution in [3.8, 4) is 11.5 Å². The van der Waals surface area contributed by atoms with Gasteiger partial charge in [0.2, 0.25) is 0 Å². The average molecular weight is 623 g/mol. The minimum Gasteiger partial charge on any atom is -0.491 e. The molecule has 0 amide bonds. The molecule has 0 N–H and O–H groups in total. The van der Waals surface area contributed by atoms with Crippen LogP contribution in [0.3, 0.4) is 0 Å². The van der Waals surface area contributed by atoms with Crippen molar-refractivity contribution in [1.29, 1.82) is 0 Å². The smallest absolute Gasteiger partial charge is 0.338 e. The molecule has 1 aliphatic carbocycles. The van der Waals surface area contributed by atoms with Gasteiger partial charge >= 0.3 is 17.9 Å². The number of hydrogen-bond donors (Lipinski definition) is 0. The number of esters is 3. The Kier molecular flexibility index (Phi) is 16.2. The van der Waals surface area contributed by atoms with E-state index < -0.39 is 5.97 Å². The monoisotopic (exact) mass is 622 g/mol. The molecule has 0 radical (unpaired) electrons. The molecular weight excluding hydrogens is 572 g/mol. The Morgan fingerprint density at radius 2 is 1.22 bits per heavy atom. The van der Waals surface area contributed by atoms with E-state index in [0.717, 1.165) is 64.1 Å². The second kappa shape index (κ2) is 20.4. The van der Waals surface area contributed by atoms with Gasteiger partial charge in [-0.2, -0.15) is 0 Å². The molecule has 1 unspecified atom stereocenters. The number of benzene rings is 2. The highest BCUT2D eigenvalue weighted by atomic mass is 16.6. The van der Waals surface area contributed by atoms with Crippen molar-refractivity contribution >= 4 is 24.2 Å². The van der Waals surface area contributed by atoms with Crippen molar-refractivity contribution in [2.24, 2.45) is 0 Å². The molecule has 2 aromatic rings. The highest BCUT2D eigenvalue weighted by Gasteiger charge is 2.27. The number of ether oxygens (including phenoxy) is 4. The largest absolute Gasteiger partial charge is 0.491 e. The second-order valence-corrected chi connectivity index (χ2v) is 12.0. The summed E-state index contributed by atoms with van der Waals surface area (Å²) in [5, 5.41) is 0. The van der Waals surface area contributed by atoms with Crippen molar-refractivity contribution in [3.63, 3.8) is 0 Å². The first-order chi connectivity index (χ1) is 21.9. The Labute approximate surface area is 268 Å². The summed E-state index contributed by atoms with van der Waals surface area (Å²) in [6, 6.07) is 13.5. The molecule has 0 saturated heterocycles. The number of rotatable bonds is 20. The van der Waals surface area contributed by atoms with Crippen molar-refractivity contribution < 1.29 is 38.1 Å². The van der Waals surface area contributed by atoms with Gasteiger partial charge in [0.15, 0.2) is 0 Å². The van der Waals surface area contributed by atoms with E-state index >= 15 is 0 Å². The third-order valence-corrected chi connectivity index (χ3v) is 8.08. The zero-order chi connectivity index (χ0) is 32.3. The van der Waals surface area contributed by atoms with E-state index in [-0.39, 0.29) is 30.3 Å². The molecule has 45 heavy (non-hydrogen) atoms. The molecule has 8 heteroatoms. The fourth-order valence-electron chi connectivity index (χ4n) is 5.40. The normalized spacial score (nSPS) is 16.8. The van der Waals surface area contributed by atoms with Crippen LogP contribution in [0.1, 0.15) is 137 Å². The molecule has 0 aliphatic heterocycles. The Morgan fingerprint density at radius 3 is 1.78 bits per heavy atom. The minimum absolute atomic E-state index is 0.0666. The predicted molar refractivity (Wildman–Crippen MR) is 173 cm³/mol. The Bertz CT molecular complexity index is 1170. The molecule has 2 aromatic carbocycles. The van der Waals surface area contributed by atoms with Gasteiger partial charge in [-0.15, -0.1) is 0 Å². The van der Waals surface area contributed by atoms with Gasteiger partial charge in [-0.05, 0) is 107 Å². The maximum atomic E-state index is 12.7. The van der Waals surface area contributed by atoms with Gasteiger partial charge in [0.05, 0.1) is 17.2 Å². The van der Waals surface area contributed by atoms with Gasteiger partial charge in [0, 0.05) is 12.8 Å². The van der Waals surface area contributed by atoms with Crippen LogP contribution in [0.5, 0.6) is 11.5 Å². The molecule has 1 aliphatic rings. The van der Waals surface area contributed by atoms with Gasteiger partial charge in [-0.25, -0.2) is 9.59 Å². The molecule has 8 nitrogen and oxygen atoms in total. The average Bonchev–Trinajstić information content (AvgIpc) is 3.04. The summed E-state index contributed by atoms with van der Waals surface area (Å²) in [7, 11) is 0. The van der Waals surface area contributed by atoms with Crippen molar-refractivity contribution in [1.82, 2.24) is 0 Å². The van der Waals surface area contributed by atoms with Gasteiger partial charge in [-0.1, -0.05) is 45.4 Å². The topological polar surface area (TPSA) is 105 Å². The SMILES string of the molecule is CCCCCCCC(=O)Oc1ccc(C(=O)OC2CCC(OC(=O)c3ccc(OC(C)CCCCCCC=O)cc3)CC2)cc1. The summed E-state index contributed by atoms with van der Waals surface area (Å²) < 4.78 is 22.8. The van der Waals surface area contributed by atoms with Crippen molar-refractivity contribution in [2.45, 2.75) is 135 Å². The predicted octanol–water partition coefficient (Wildman–Crippen LogP) is 8.58. The molecule has 0 aromatic heterocycles. The molecule has 1 saturated carbocycles. The lowest BCUT2D eigenvalue weighted by molar-refractivity contribution is -0.134. The molecular formula is C37H50O8. The number of carbonyl (C=O) groups excluding carboxylic acids is 4. The Morgan fingerprint density at radius 1 is 0.711 bits per heavy atom. The van der Waals surface area contributed by atoms with Gasteiger partial charge in [0.1, 0.15) is 30.0 Å². The van der Waals surface area contributed by atoms with E-state index in [1.54, 1.807) is 48.5 Å². The summed E-state index contributed by atoms with van der Waals surface area (Å²) in [5.74, 6) is 0.0736. The van der Waals surface area contributed by atoms with Crippen LogP contribution in [0.15, 0.2) is 48.5 Å². The van der Waals surface area contributed by atoms with Crippen molar-refractivity contribution in [3.05, 3.63) is 59.7 Å². The quantitative estimate of drug-likeness (QED) is 0.0626. The highest BCUT2D eigenvalue weighted by molar-refractivity contribution is 5.90. The standard InChI is InChI=1S/C37H50O8/c1-3-4-5-7-11-14-35(39)43-32-21-17-30(18-22-32)37(41)45-34-25-23-33(24-26-34)44-36(40)29-15-19-31(20-16-29)42-28(2)13-10-8-6-9-12-27-38/h15-22,27-28,33-34H,3-14,23-26H2,1-2H3. The maximum Gasteiger partial charge on any atom is 0.338 e. The van der Waals surface area contributed by atoms with E-state index in [2.05, 4.69) is 6.92 Å². The minimum atomic E-state index is -0.421. The van der Waals surface area contributed by atoms with E-state index in [1.165, 1.54) is 6.42 Å². The Balaban J connectivity index is 1.32. The van der Waals surface area contributed by atoms with E-state index in [1.807, 2.05) is 6.92 Å². The van der Waals surface area contributed by atoms with Crippen LogP contribution in [0, 0.1) is 0 Å². The first-order valence-electron chi connectivity index (χ1n) is 16.8. The van der Waals surface area contributed by atoms with Gasteiger partial charge < -0.3 is 23.7 Å². The third-order valence-electron chi connectivity index (χ3n) is 8.08. The van der Waals surface area contributed by atoms with Gasteiger partial charge in [-0.3, -0.25) is 4.79 Å².